The van der Waals surface area contributed by atoms with E-state index in [0.717, 1.165) is 18.7 Å². The van der Waals surface area contributed by atoms with Crippen LogP contribution in [0.2, 0.25) is 0 Å². The molecule has 1 aromatic rings. The third-order valence-electron chi connectivity index (χ3n) is 3.03. The molecule has 20 heavy (non-hydrogen) atoms. The SMILES string of the molecule is C=C(C)C(=O)OCCCN(C)c1ccc(N(C)C)cc1. The Hall–Kier alpha value is -1.97. The smallest absolute Gasteiger partial charge is 0.333 e. The average Bonchev–Trinajstić information content (AvgIpc) is 2.43. The molecule has 0 N–H and O–H groups in total. The van der Waals surface area contributed by atoms with Gasteiger partial charge in [-0.15, -0.1) is 0 Å². The molecule has 0 unspecified atom stereocenters. The van der Waals surface area contributed by atoms with Crippen molar-refractivity contribution in [2.24, 2.45) is 0 Å². The molecule has 0 aliphatic heterocycles. The highest BCUT2D eigenvalue weighted by atomic mass is 16.5. The minimum atomic E-state index is -0.317. The Morgan fingerprint density at radius 2 is 1.70 bits per heavy atom. The second kappa shape index (κ2) is 7.58. The van der Waals surface area contributed by atoms with Gasteiger partial charge in [-0.05, 0) is 37.6 Å². The highest BCUT2D eigenvalue weighted by Crippen LogP contribution is 2.18. The molecule has 4 nitrogen and oxygen atoms in total. The summed E-state index contributed by atoms with van der Waals surface area (Å²) in [5.41, 5.74) is 2.77. The van der Waals surface area contributed by atoms with E-state index in [0.29, 0.717) is 12.2 Å². The summed E-state index contributed by atoms with van der Waals surface area (Å²) in [7, 11) is 6.08. The summed E-state index contributed by atoms with van der Waals surface area (Å²) in [6.07, 6.45) is 0.797. The number of hydrogen-bond donors (Lipinski definition) is 0. The first kappa shape index (κ1) is 16.1. The van der Waals surface area contributed by atoms with Gasteiger partial charge in [0.05, 0.1) is 6.61 Å². The van der Waals surface area contributed by atoms with E-state index in [1.807, 2.05) is 21.1 Å². The van der Waals surface area contributed by atoms with Gasteiger partial charge >= 0.3 is 5.97 Å². The summed E-state index contributed by atoms with van der Waals surface area (Å²) < 4.78 is 5.07. The zero-order valence-corrected chi connectivity index (χ0v) is 12.8. The number of hydrogen-bond acceptors (Lipinski definition) is 4. The highest BCUT2D eigenvalue weighted by Gasteiger charge is 2.04. The molecule has 0 fully saturated rings. The maximum atomic E-state index is 11.2. The van der Waals surface area contributed by atoms with Crippen molar-refractivity contribution < 1.29 is 9.53 Å². The average molecular weight is 276 g/mol. The van der Waals surface area contributed by atoms with Crippen LogP contribution in [0.5, 0.6) is 0 Å². The molecule has 110 valence electrons. The van der Waals surface area contributed by atoms with Crippen LogP contribution in [0, 0.1) is 0 Å². The topological polar surface area (TPSA) is 32.8 Å². The lowest BCUT2D eigenvalue weighted by Crippen LogP contribution is -2.20. The summed E-state index contributed by atoms with van der Waals surface area (Å²) in [6, 6.07) is 8.37. The maximum absolute atomic E-state index is 11.2. The molecule has 0 aliphatic rings. The van der Waals surface area contributed by atoms with Crippen LogP contribution in [0.15, 0.2) is 36.4 Å². The molecule has 4 heteroatoms. The van der Waals surface area contributed by atoms with Gasteiger partial charge in [-0.1, -0.05) is 6.58 Å². The van der Waals surface area contributed by atoms with E-state index in [9.17, 15) is 4.79 Å². The molecule has 0 bridgehead atoms. The largest absolute Gasteiger partial charge is 0.462 e. The number of benzene rings is 1. The molecule has 1 rings (SSSR count). The second-order valence-electron chi connectivity index (χ2n) is 5.10. The second-order valence-corrected chi connectivity index (χ2v) is 5.10. The van der Waals surface area contributed by atoms with Gasteiger partial charge in [0.15, 0.2) is 0 Å². The molecule has 0 atom stereocenters. The summed E-state index contributed by atoms with van der Waals surface area (Å²) in [4.78, 5) is 15.4. The molecule has 0 radical (unpaired) electrons. The van der Waals surface area contributed by atoms with Crippen LogP contribution in [0.25, 0.3) is 0 Å². The van der Waals surface area contributed by atoms with E-state index in [2.05, 4.69) is 40.6 Å². The molecular formula is C16H24N2O2. The van der Waals surface area contributed by atoms with Crippen molar-refractivity contribution in [3.63, 3.8) is 0 Å². The molecule has 0 aromatic heterocycles. The first-order chi connectivity index (χ1) is 9.41. The third-order valence-corrected chi connectivity index (χ3v) is 3.03. The Bertz CT molecular complexity index is 452. The van der Waals surface area contributed by atoms with E-state index >= 15 is 0 Å². The lowest BCUT2D eigenvalue weighted by atomic mass is 10.2. The number of nitrogens with zero attached hydrogens (tertiary/aromatic N) is 2. The predicted molar refractivity (Wildman–Crippen MR) is 84.4 cm³/mol. The summed E-state index contributed by atoms with van der Waals surface area (Å²) in [5, 5.41) is 0. The standard InChI is InChI=1S/C16H24N2O2/c1-13(2)16(19)20-12-6-11-18(5)15-9-7-14(8-10-15)17(3)4/h7-10H,1,6,11-12H2,2-5H3. The Labute approximate surface area is 121 Å². The van der Waals surface area contributed by atoms with Gasteiger partial charge in [-0.25, -0.2) is 4.79 Å². The first-order valence-electron chi connectivity index (χ1n) is 6.73. The van der Waals surface area contributed by atoms with E-state index < -0.39 is 0 Å². The monoisotopic (exact) mass is 276 g/mol. The number of rotatable bonds is 7. The first-order valence-corrected chi connectivity index (χ1v) is 6.73. The van der Waals surface area contributed by atoms with Crippen LogP contribution in [0.1, 0.15) is 13.3 Å². The summed E-state index contributed by atoms with van der Waals surface area (Å²) in [6.45, 7) is 6.46. The van der Waals surface area contributed by atoms with Gasteiger partial charge in [0.2, 0.25) is 0 Å². The van der Waals surface area contributed by atoms with Gasteiger partial charge in [-0.2, -0.15) is 0 Å². The number of carbonyl (C=O) groups excluding carboxylic acids is 1. The predicted octanol–water partition coefficient (Wildman–Crippen LogP) is 2.70. The normalized spacial score (nSPS) is 10.0. The number of carbonyl (C=O) groups is 1. The maximum Gasteiger partial charge on any atom is 0.333 e. The van der Waals surface area contributed by atoms with Crippen molar-refractivity contribution in [3.8, 4) is 0 Å². The van der Waals surface area contributed by atoms with Crippen molar-refractivity contribution in [3.05, 3.63) is 36.4 Å². The lowest BCUT2D eigenvalue weighted by molar-refractivity contribution is -0.138. The number of esters is 1. The van der Waals surface area contributed by atoms with Crippen LogP contribution in [0.4, 0.5) is 11.4 Å². The van der Waals surface area contributed by atoms with E-state index in [-0.39, 0.29) is 5.97 Å². The number of anilines is 2. The fraction of sp³-hybridized carbons (Fsp3) is 0.438. The van der Waals surface area contributed by atoms with Gasteiger partial charge in [0.1, 0.15) is 0 Å². The van der Waals surface area contributed by atoms with Gasteiger partial charge in [0, 0.05) is 44.6 Å². The van der Waals surface area contributed by atoms with Crippen LogP contribution in [0.3, 0.4) is 0 Å². The molecule has 1 aromatic carbocycles. The Kier molecular flexibility index (Phi) is 6.10. The van der Waals surface area contributed by atoms with Crippen molar-refractivity contribution in [1.82, 2.24) is 0 Å². The zero-order valence-electron chi connectivity index (χ0n) is 12.8. The lowest BCUT2D eigenvalue weighted by Gasteiger charge is -2.20. The quantitative estimate of drug-likeness (QED) is 0.435. The van der Waals surface area contributed by atoms with Crippen LogP contribution in [-0.2, 0) is 9.53 Å². The van der Waals surface area contributed by atoms with E-state index in [1.165, 1.54) is 5.69 Å². The fourth-order valence-corrected chi connectivity index (χ4v) is 1.72. The summed E-state index contributed by atoms with van der Waals surface area (Å²) in [5.74, 6) is -0.317. The highest BCUT2D eigenvalue weighted by molar-refractivity contribution is 5.86. The molecule has 0 spiro atoms. The summed E-state index contributed by atoms with van der Waals surface area (Å²) >= 11 is 0. The Morgan fingerprint density at radius 1 is 1.15 bits per heavy atom. The Balaban J connectivity index is 2.37. The van der Waals surface area contributed by atoms with Gasteiger partial charge in [-0.3, -0.25) is 0 Å². The van der Waals surface area contributed by atoms with Crippen molar-refractivity contribution in [2.75, 3.05) is 44.1 Å². The van der Waals surface area contributed by atoms with Crippen LogP contribution < -0.4 is 9.80 Å². The minimum Gasteiger partial charge on any atom is -0.462 e. The minimum absolute atomic E-state index is 0.317. The van der Waals surface area contributed by atoms with Crippen molar-refractivity contribution >= 4 is 17.3 Å². The van der Waals surface area contributed by atoms with Crippen molar-refractivity contribution in [1.29, 1.82) is 0 Å². The number of ether oxygens (including phenoxy) is 1. The fourth-order valence-electron chi connectivity index (χ4n) is 1.72. The van der Waals surface area contributed by atoms with Crippen molar-refractivity contribution in [2.45, 2.75) is 13.3 Å². The van der Waals surface area contributed by atoms with E-state index in [4.69, 9.17) is 4.74 Å². The van der Waals surface area contributed by atoms with E-state index in [1.54, 1.807) is 6.92 Å². The van der Waals surface area contributed by atoms with Gasteiger partial charge < -0.3 is 14.5 Å². The third kappa shape index (κ3) is 4.96. The van der Waals surface area contributed by atoms with Gasteiger partial charge in [0.25, 0.3) is 0 Å². The molecule has 0 aliphatic carbocycles. The molecule has 0 saturated carbocycles. The zero-order chi connectivity index (χ0) is 15.1. The molecule has 0 saturated heterocycles. The molecule has 0 heterocycles. The van der Waals surface area contributed by atoms with Crippen LogP contribution >= 0.6 is 0 Å². The van der Waals surface area contributed by atoms with Crippen LogP contribution in [-0.4, -0.2) is 40.3 Å². The molecular weight excluding hydrogens is 252 g/mol. The Morgan fingerprint density at radius 3 is 2.20 bits per heavy atom. The molecule has 0 amide bonds.